The van der Waals surface area contributed by atoms with E-state index in [2.05, 4.69) is 10.2 Å². The highest BCUT2D eigenvalue weighted by Gasteiger charge is 2.27. The van der Waals surface area contributed by atoms with E-state index in [1.54, 1.807) is 18.2 Å². The van der Waals surface area contributed by atoms with Crippen molar-refractivity contribution in [2.45, 2.75) is 4.90 Å². The molecule has 1 heterocycles. The molecule has 1 aliphatic rings. The van der Waals surface area contributed by atoms with E-state index in [1.165, 1.54) is 35.7 Å². The molecule has 0 aliphatic carbocycles. The molecule has 8 heteroatoms. The van der Waals surface area contributed by atoms with Crippen molar-refractivity contribution < 1.29 is 17.9 Å². The SMILES string of the molecule is COc1ccccc1NC(=O)c1ccc(S(=O)(=O)N2CCN(C)CC2)cc1. The summed E-state index contributed by atoms with van der Waals surface area (Å²) in [6, 6.07) is 13.1. The Balaban J connectivity index is 1.74. The number of nitrogens with zero attached hydrogens (tertiary/aromatic N) is 2. The minimum atomic E-state index is -3.54. The van der Waals surface area contributed by atoms with Crippen molar-refractivity contribution in [1.29, 1.82) is 0 Å². The number of methoxy groups -OCH3 is 1. The topological polar surface area (TPSA) is 78.9 Å². The van der Waals surface area contributed by atoms with Gasteiger partial charge in [-0.3, -0.25) is 4.79 Å². The third-order valence-corrected chi connectivity index (χ3v) is 6.48. The summed E-state index contributed by atoms with van der Waals surface area (Å²) in [5.74, 6) is 0.225. The Morgan fingerprint density at radius 2 is 1.63 bits per heavy atom. The van der Waals surface area contributed by atoms with Crippen molar-refractivity contribution in [2.75, 3.05) is 45.7 Å². The Labute approximate surface area is 159 Å². The number of hydrogen-bond donors (Lipinski definition) is 1. The number of sulfonamides is 1. The predicted octanol–water partition coefficient (Wildman–Crippen LogP) is 1.88. The van der Waals surface area contributed by atoms with Crippen molar-refractivity contribution in [2.24, 2.45) is 0 Å². The maximum Gasteiger partial charge on any atom is 0.255 e. The maximum absolute atomic E-state index is 12.7. The first kappa shape index (κ1) is 19.3. The number of piperazine rings is 1. The zero-order valence-electron chi connectivity index (χ0n) is 15.4. The summed E-state index contributed by atoms with van der Waals surface area (Å²) in [5, 5.41) is 2.77. The number of rotatable bonds is 5. The lowest BCUT2D eigenvalue weighted by Crippen LogP contribution is -2.47. The quantitative estimate of drug-likeness (QED) is 0.845. The van der Waals surface area contributed by atoms with Crippen LogP contribution in [0.2, 0.25) is 0 Å². The fourth-order valence-corrected chi connectivity index (χ4v) is 4.32. The Hall–Kier alpha value is -2.42. The smallest absolute Gasteiger partial charge is 0.255 e. The van der Waals surface area contributed by atoms with Crippen LogP contribution in [0.15, 0.2) is 53.4 Å². The molecule has 0 aromatic heterocycles. The Morgan fingerprint density at radius 1 is 1.00 bits per heavy atom. The minimum absolute atomic E-state index is 0.195. The van der Waals surface area contributed by atoms with E-state index in [-0.39, 0.29) is 10.8 Å². The molecule has 1 aliphatic heterocycles. The highest BCUT2D eigenvalue weighted by Crippen LogP contribution is 2.24. The number of benzene rings is 2. The molecule has 0 atom stereocenters. The molecule has 1 amide bonds. The first-order valence-electron chi connectivity index (χ1n) is 8.65. The zero-order chi connectivity index (χ0) is 19.4. The molecule has 2 aromatic carbocycles. The van der Waals surface area contributed by atoms with Gasteiger partial charge >= 0.3 is 0 Å². The lowest BCUT2D eigenvalue weighted by molar-refractivity contribution is 0.102. The molecule has 144 valence electrons. The third-order valence-electron chi connectivity index (χ3n) is 4.57. The number of para-hydroxylation sites is 2. The van der Waals surface area contributed by atoms with Crippen molar-refractivity contribution >= 4 is 21.6 Å². The van der Waals surface area contributed by atoms with Gasteiger partial charge < -0.3 is 15.0 Å². The van der Waals surface area contributed by atoms with E-state index >= 15 is 0 Å². The van der Waals surface area contributed by atoms with Gasteiger partial charge in [-0.2, -0.15) is 4.31 Å². The van der Waals surface area contributed by atoms with Crippen LogP contribution in [0.3, 0.4) is 0 Å². The zero-order valence-corrected chi connectivity index (χ0v) is 16.2. The van der Waals surface area contributed by atoms with Gasteiger partial charge in [-0.1, -0.05) is 12.1 Å². The molecule has 1 saturated heterocycles. The first-order valence-corrected chi connectivity index (χ1v) is 10.1. The fourth-order valence-electron chi connectivity index (χ4n) is 2.90. The largest absolute Gasteiger partial charge is 0.495 e. The predicted molar refractivity (Wildman–Crippen MR) is 104 cm³/mol. The van der Waals surface area contributed by atoms with Gasteiger partial charge in [-0.05, 0) is 43.4 Å². The second-order valence-electron chi connectivity index (χ2n) is 6.39. The van der Waals surface area contributed by atoms with Crippen LogP contribution in [0.1, 0.15) is 10.4 Å². The van der Waals surface area contributed by atoms with Gasteiger partial charge in [-0.15, -0.1) is 0 Å². The number of anilines is 1. The molecule has 0 saturated carbocycles. The summed E-state index contributed by atoms with van der Waals surface area (Å²) in [6.07, 6.45) is 0. The molecular weight excluding hydrogens is 366 g/mol. The standard InChI is InChI=1S/C19H23N3O4S/c1-21-11-13-22(14-12-21)27(24,25)16-9-7-15(8-10-16)19(23)20-17-5-3-4-6-18(17)26-2/h3-10H,11-14H2,1-2H3,(H,20,23). The number of ether oxygens (including phenoxy) is 1. The minimum Gasteiger partial charge on any atom is -0.495 e. The number of nitrogens with one attached hydrogen (secondary N) is 1. The van der Waals surface area contributed by atoms with E-state index in [0.717, 1.165) is 0 Å². The van der Waals surface area contributed by atoms with Crippen LogP contribution in [0.4, 0.5) is 5.69 Å². The highest BCUT2D eigenvalue weighted by atomic mass is 32.2. The van der Waals surface area contributed by atoms with E-state index in [0.29, 0.717) is 43.2 Å². The number of likely N-dealkylation sites (N-methyl/N-ethyl adjacent to an activating group) is 1. The molecule has 3 rings (SSSR count). The molecule has 0 radical (unpaired) electrons. The number of carbonyl (C=O) groups excluding carboxylic acids is 1. The summed E-state index contributed by atoms with van der Waals surface area (Å²) in [5.41, 5.74) is 0.928. The first-order chi connectivity index (χ1) is 12.9. The number of carbonyl (C=O) groups is 1. The van der Waals surface area contributed by atoms with Gasteiger partial charge in [0.25, 0.3) is 5.91 Å². The summed E-state index contributed by atoms with van der Waals surface area (Å²) in [6.45, 7) is 2.35. The molecule has 2 aromatic rings. The van der Waals surface area contributed by atoms with Crippen molar-refractivity contribution in [3.63, 3.8) is 0 Å². The Kier molecular flexibility index (Phi) is 5.79. The molecule has 0 unspecified atom stereocenters. The lowest BCUT2D eigenvalue weighted by Gasteiger charge is -2.31. The second-order valence-corrected chi connectivity index (χ2v) is 8.32. The highest BCUT2D eigenvalue weighted by molar-refractivity contribution is 7.89. The van der Waals surface area contributed by atoms with Gasteiger partial charge in [0.15, 0.2) is 0 Å². The molecule has 1 N–H and O–H groups in total. The molecule has 27 heavy (non-hydrogen) atoms. The monoisotopic (exact) mass is 389 g/mol. The third kappa shape index (κ3) is 4.29. The van der Waals surface area contributed by atoms with Crippen LogP contribution >= 0.6 is 0 Å². The Bertz CT molecular complexity index is 905. The lowest BCUT2D eigenvalue weighted by atomic mass is 10.2. The van der Waals surface area contributed by atoms with Crippen molar-refractivity contribution in [3.05, 3.63) is 54.1 Å². The van der Waals surface area contributed by atoms with Crippen molar-refractivity contribution in [3.8, 4) is 5.75 Å². The van der Waals surface area contributed by atoms with Crippen LogP contribution in [0.25, 0.3) is 0 Å². The van der Waals surface area contributed by atoms with Gasteiger partial charge in [0.05, 0.1) is 17.7 Å². The average molecular weight is 389 g/mol. The van der Waals surface area contributed by atoms with Crippen LogP contribution in [-0.2, 0) is 10.0 Å². The van der Waals surface area contributed by atoms with Crippen LogP contribution in [0, 0.1) is 0 Å². The number of hydrogen-bond acceptors (Lipinski definition) is 5. The maximum atomic E-state index is 12.7. The summed E-state index contributed by atoms with van der Waals surface area (Å²) in [4.78, 5) is 14.7. The van der Waals surface area contributed by atoms with Crippen LogP contribution in [-0.4, -0.2) is 63.9 Å². The molecule has 1 fully saturated rings. The summed E-state index contributed by atoms with van der Waals surface area (Å²) in [7, 11) is -0.0404. The van der Waals surface area contributed by atoms with E-state index in [4.69, 9.17) is 4.74 Å². The van der Waals surface area contributed by atoms with Gasteiger partial charge in [0, 0.05) is 31.7 Å². The molecule has 7 nitrogen and oxygen atoms in total. The molecule has 0 bridgehead atoms. The normalized spacial score (nSPS) is 16.1. The van der Waals surface area contributed by atoms with Gasteiger partial charge in [0.1, 0.15) is 5.75 Å². The average Bonchev–Trinajstić information content (AvgIpc) is 2.69. The van der Waals surface area contributed by atoms with Gasteiger partial charge in [0.2, 0.25) is 10.0 Å². The molecule has 0 spiro atoms. The summed E-state index contributed by atoms with van der Waals surface area (Å²) < 4.78 is 32.2. The van der Waals surface area contributed by atoms with Crippen LogP contribution in [0.5, 0.6) is 5.75 Å². The van der Waals surface area contributed by atoms with Crippen molar-refractivity contribution in [1.82, 2.24) is 9.21 Å². The number of amides is 1. The molecular formula is C19H23N3O4S. The summed E-state index contributed by atoms with van der Waals surface area (Å²) >= 11 is 0. The van der Waals surface area contributed by atoms with E-state index < -0.39 is 10.0 Å². The fraction of sp³-hybridized carbons (Fsp3) is 0.316. The van der Waals surface area contributed by atoms with Crippen LogP contribution < -0.4 is 10.1 Å². The van der Waals surface area contributed by atoms with E-state index in [9.17, 15) is 13.2 Å². The van der Waals surface area contributed by atoms with Gasteiger partial charge in [-0.25, -0.2) is 8.42 Å². The Morgan fingerprint density at radius 3 is 2.26 bits per heavy atom. The van der Waals surface area contributed by atoms with E-state index in [1.807, 2.05) is 13.1 Å². The second kappa shape index (κ2) is 8.08.